The van der Waals surface area contributed by atoms with Crippen molar-refractivity contribution in [3.05, 3.63) is 48.0 Å². The Morgan fingerprint density at radius 1 is 1.14 bits per heavy atom. The van der Waals surface area contributed by atoms with Gasteiger partial charge in [0.2, 0.25) is 0 Å². The van der Waals surface area contributed by atoms with Crippen LogP contribution in [0.15, 0.2) is 42.5 Å². The van der Waals surface area contributed by atoms with Crippen molar-refractivity contribution in [2.24, 2.45) is 11.8 Å². The Bertz CT molecular complexity index is 602. The molecule has 0 amide bonds. The van der Waals surface area contributed by atoms with E-state index in [1.54, 1.807) is 0 Å². The van der Waals surface area contributed by atoms with Gasteiger partial charge in [-0.25, -0.2) is 0 Å². The van der Waals surface area contributed by atoms with E-state index in [4.69, 9.17) is 0 Å². The third-order valence-electron chi connectivity index (χ3n) is 4.87. The maximum absolute atomic E-state index is 10.7. The van der Waals surface area contributed by atoms with E-state index < -0.39 is 6.10 Å². The van der Waals surface area contributed by atoms with E-state index in [-0.39, 0.29) is 0 Å². The highest BCUT2D eigenvalue weighted by molar-refractivity contribution is 5.85. The van der Waals surface area contributed by atoms with Crippen molar-refractivity contribution in [3.8, 4) is 0 Å². The lowest BCUT2D eigenvalue weighted by Gasteiger charge is -2.22. The summed E-state index contributed by atoms with van der Waals surface area (Å²) < 4.78 is 0. The van der Waals surface area contributed by atoms with Crippen molar-refractivity contribution >= 4 is 10.8 Å². The number of fused-ring (bicyclic) bond motifs is 1. The Labute approximate surface area is 127 Å². The van der Waals surface area contributed by atoms with Gasteiger partial charge in [0.15, 0.2) is 0 Å². The topological polar surface area (TPSA) is 23.5 Å². The second kappa shape index (κ2) is 6.17. The van der Waals surface area contributed by atoms with Crippen LogP contribution in [0.5, 0.6) is 0 Å². The van der Waals surface area contributed by atoms with Gasteiger partial charge in [-0.05, 0) is 41.1 Å². The second-order valence-corrected chi connectivity index (χ2v) is 6.64. The van der Waals surface area contributed by atoms with Crippen LogP contribution in [-0.2, 0) is 0 Å². The molecule has 1 N–H and O–H groups in total. The van der Waals surface area contributed by atoms with Crippen LogP contribution in [0.25, 0.3) is 10.8 Å². The van der Waals surface area contributed by atoms with E-state index >= 15 is 0 Å². The van der Waals surface area contributed by atoms with E-state index in [1.165, 1.54) is 17.2 Å². The van der Waals surface area contributed by atoms with Gasteiger partial charge in [0, 0.05) is 13.1 Å². The highest BCUT2D eigenvalue weighted by Crippen LogP contribution is 2.28. The third kappa shape index (κ3) is 3.12. The van der Waals surface area contributed by atoms with Crippen LogP contribution in [0.2, 0.25) is 0 Å². The van der Waals surface area contributed by atoms with Crippen LogP contribution in [0.3, 0.4) is 0 Å². The van der Waals surface area contributed by atoms with E-state index in [0.717, 1.165) is 37.0 Å². The average Bonchev–Trinajstić information content (AvgIpc) is 2.95. The van der Waals surface area contributed by atoms with Crippen molar-refractivity contribution in [2.75, 3.05) is 19.6 Å². The van der Waals surface area contributed by atoms with Gasteiger partial charge in [-0.1, -0.05) is 56.3 Å². The molecule has 0 spiro atoms. The van der Waals surface area contributed by atoms with E-state index in [1.807, 2.05) is 18.2 Å². The number of benzene rings is 2. The molecule has 2 aromatic rings. The van der Waals surface area contributed by atoms with Gasteiger partial charge in [0.25, 0.3) is 0 Å². The van der Waals surface area contributed by atoms with Gasteiger partial charge in [-0.3, -0.25) is 0 Å². The molecule has 1 saturated heterocycles. The van der Waals surface area contributed by atoms with Crippen LogP contribution in [0, 0.1) is 11.8 Å². The standard InChI is InChI=1S/C19H25NO/c1-14(2)16-10-11-20(12-16)13-19(21)18-9-5-7-15-6-3-4-8-17(15)18/h3-9,14,16,19,21H,10-13H2,1-2H3. The number of aliphatic hydroxyl groups is 1. The molecule has 2 aromatic carbocycles. The molecule has 0 radical (unpaired) electrons. The lowest BCUT2D eigenvalue weighted by molar-refractivity contribution is 0.124. The Kier molecular flexibility index (Phi) is 4.27. The molecule has 21 heavy (non-hydrogen) atoms. The first-order chi connectivity index (χ1) is 10.1. The van der Waals surface area contributed by atoms with E-state index in [0.29, 0.717) is 0 Å². The van der Waals surface area contributed by atoms with Crippen LogP contribution < -0.4 is 0 Å². The van der Waals surface area contributed by atoms with Gasteiger partial charge >= 0.3 is 0 Å². The van der Waals surface area contributed by atoms with Crippen molar-refractivity contribution < 1.29 is 5.11 Å². The molecule has 0 bridgehead atoms. The number of β-amino-alcohol motifs (C(OH)–C–C–N with tert-alkyl or cyclic N) is 1. The number of rotatable bonds is 4. The van der Waals surface area contributed by atoms with Crippen LogP contribution >= 0.6 is 0 Å². The second-order valence-electron chi connectivity index (χ2n) is 6.64. The fourth-order valence-corrected chi connectivity index (χ4v) is 3.46. The van der Waals surface area contributed by atoms with Crippen molar-refractivity contribution in [1.82, 2.24) is 4.90 Å². The SMILES string of the molecule is CC(C)C1CCN(CC(O)c2cccc3ccccc23)C1. The summed E-state index contributed by atoms with van der Waals surface area (Å²) in [5, 5.41) is 13.0. The Morgan fingerprint density at radius 3 is 2.67 bits per heavy atom. The molecule has 112 valence electrons. The number of hydrogen-bond acceptors (Lipinski definition) is 2. The Hall–Kier alpha value is -1.38. The highest BCUT2D eigenvalue weighted by Gasteiger charge is 2.26. The maximum Gasteiger partial charge on any atom is 0.0922 e. The van der Waals surface area contributed by atoms with Gasteiger partial charge in [-0.15, -0.1) is 0 Å². The molecule has 0 aromatic heterocycles. The Morgan fingerprint density at radius 2 is 1.90 bits per heavy atom. The molecule has 1 aliphatic heterocycles. The van der Waals surface area contributed by atoms with Gasteiger partial charge in [0.05, 0.1) is 6.10 Å². The summed E-state index contributed by atoms with van der Waals surface area (Å²) in [5.41, 5.74) is 1.06. The zero-order valence-electron chi connectivity index (χ0n) is 13.0. The molecule has 2 heteroatoms. The number of aliphatic hydroxyl groups excluding tert-OH is 1. The summed E-state index contributed by atoms with van der Waals surface area (Å²) >= 11 is 0. The van der Waals surface area contributed by atoms with Gasteiger partial charge in [0.1, 0.15) is 0 Å². The normalized spacial score (nSPS) is 21.2. The van der Waals surface area contributed by atoms with Crippen LogP contribution in [0.1, 0.15) is 31.9 Å². The zero-order valence-corrected chi connectivity index (χ0v) is 13.0. The van der Waals surface area contributed by atoms with E-state index in [9.17, 15) is 5.11 Å². The maximum atomic E-state index is 10.7. The van der Waals surface area contributed by atoms with Gasteiger partial charge < -0.3 is 10.0 Å². The van der Waals surface area contributed by atoms with Crippen molar-refractivity contribution in [2.45, 2.75) is 26.4 Å². The zero-order chi connectivity index (χ0) is 14.8. The summed E-state index contributed by atoms with van der Waals surface area (Å²) in [7, 11) is 0. The number of nitrogens with zero attached hydrogens (tertiary/aromatic N) is 1. The summed E-state index contributed by atoms with van der Waals surface area (Å²) in [4.78, 5) is 2.41. The fourth-order valence-electron chi connectivity index (χ4n) is 3.46. The minimum Gasteiger partial charge on any atom is -0.387 e. The summed E-state index contributed by atoms with van der Waals surface area (Å²) in [6, 6.07) is 14.5. The lowest BCUT2D eigenvalue weighted by atomic mass is 9.95. The molecule has 2 atom stereocenters. The third-order valence-corrected chi connectivity index (χ3v) is 4.87. The summed E-state index contributed by atoms with van der Waals surface area (Å²) in [6.45, 7) is 7.59. The average molecular weight is 283 g/mol. The molecule has 0 aliphatic carbocycles. The van der Waals surface area contributed by atoms with Crippen molar-refractivity contribution in [3.63, 3.8) is 0 Å². The van der Waals surface area contributed by atoms with Gasteiger partial charge in [-0.2, -0.15) is 0 Å². The minimum atomic E-state index is -0.401. The monoisotopic (exact) mass is 283 g/mol. The molecule has 1 fully saturated rings. The molecule has 3 rings (SSSR count). The smallest absolute Gasteiger partial charge is 0.0922 e. The number of likely N-dealkylation sites (tertiary alicyclic amines) is 1. The van der Waals surface area contributed by atoms with E-state index in [2.05, 4.69) is 43.0 Å². The molecule has 1 heterocycles. The molecule has 2 unspecified atom stereocenters. The predicted octanol–water partition coefficient (Wildman–Crippen LogP) is 3.85. The molecule has 0 saturated carbocycles. The first kappa shape index (κ1) is 14.6. The predicted molar refractivity (Wildman–Crippen MR) is 88.3 cm³/mol. The van der Waals surface area contributed by atoms with Crippen LogP contribution in [0.4, 0.5) is 0 Å². The largest absolute Gasteiger partial charge is 0.387 e. The minimum absolute atomic E-state index is 0.401. The molecular formula is C19H25NO. The summed E-state index contributed by atoms with van der Waals surface area (Å²) in [5.74, 6) is 1.52. The fraction of sp³-hybridized carbons (Fsp3) is 0.474. The summed E-state index contributed by atoms with van der Waals surface area (Å²) in [6.07, 6.45) is 0.863. The molecular weight excluding hydrogens is 258 g/mol. The van der Waals surface area contributed by atoms with Crippen molar-refractivity contribution in [1.29, 1.82) is 0 Å². The molecule has 1 aliphatic rings. The lowest BCUT2D eigenvalue weighted by Crippen LogP contribution is -2.27. The first-order valence-electron chi connectivity index (χ1n) is 8.03. The highest BCUT2D eigenvalue weighted by atomic mass is 16.3. The number of hydrogen-bond donors (Lipinski definition) is 1. The Balaban J connectivity index is 1.74. The quantitative estimate of drug-likeness (QED) is 0.921. The molecule has 2 nitrogen and oxygen atoms in total. The van der Waals surface area contributed by atoms with Crippen LogP contribution in [-0.4, -0.2) is 29.6 Å². The first-order valence-corrected chi connectivity index (χ1v) is 8.03.